The fourth-order valence-corrected chi connectivity index (χ4v) is 8.28. The number of halogens is 1. The Morgan fingerprint density at radius 2 is 0.821 bits per heavy atom. The van der Waals surface area contributed by atoms with Gasteiger partial charge in [0.1, 0.15) is 5.82 Å². The summed E-state index contributed by atoms with van der Waals surface area (Å²) in [5, 5.41) is 7.04. The third-order valence-electron chi connectivity index (χ3n) is 10.9. The molecule has 0 N–H and O–H groups in total. The first-order valence-electron chi connectivity index (χ1n) is 19.0. The van der Waals surface area contributed by atoms with Crippen LogP contribution in [0.4, 0.5) is 21.5 Å². The number of rotatable bonds is 7. The van der Waals surface area contributed by atoms with E-state index in [9.17, 15) is 4.39 Å². The van der Waals surface area contributed by atoms with Crippen molar-refractivity contribution in [2.45, 2.75) is 0 Å². The number of para-hydroxylation sites is 1. The topological polar surface area (TPSA) is 3.24 Å². The van der Waals surface area contributed by atoms with E-state index in [0.29, 0.717) is 0 Å². The molecule has 0 unspecified atom stereocenters. The van der Waals surface area contributed by atoms with Crippen molar-refractivity contribution >= 4 is 49.4 Å². The summed E-state index contributed by atoms with van der Waals surface area (Å²) in [6.45, 7) is 0. The molecule has 0 aliphatic rings. The van der Waals surface area contributed by atoms with Crippen LogP contribution < -0.4 is 4.90 Å². The first-order chi connectivity index (χ1) is 27.7. The average molecular weight is 718 g/mol. The Hall–Kier alpha value is -7.29. The molecule has 0 amide bonds. The van der Waals surface area contributed by atoms with Crippen molar-refractivity contribution in [1.29, 1.82) is 0 Å². The lowest BCUT2D eigenvalue weighted by atomic mass is 9.91. The number of hydrogen-bond donors (Lipinski definition) is 0. The van der Waals surface area contributed by atoms with Crippen LogP contribution in [0.2, 0.25) is 0 Å². The highest BCUT2D eigenvalue weighted by atomic mass is 19.1. The Morgan fingerprint density at radius 1 is 0.304 bits per heavy atom. The van der Waals surface area contributed by atoms with Crippen molar-refractivity contribution in [2.24, 2.45) is 0 Å². The maximum absolute atomic E-state index is 14.5. The molecule has 0 fully saturated rings. The van der Waals surface area contributed by atoms with Crippen LogP contribution in [0.3, 0.4) is 0 Å². The van der Waals surface area contributed by atoms with Crippen LogP contribution in [-0.2, 0) is 0 Å². The molecule has 0 heterocycles. The van der Waals surface area contributed by atoms with E-state index in [1.807, 2.05) is 12.1 Å². The monoisotopic (exact) mass is 717 g/mol. The molecular weight excluding hydrogens is 682 g/mol. The Bertz CT molecular complexity index is 3020. The second-order valence-electron chi connectivity index (χ2n) is 14.2. The molecule has 0 atom stereocenters. The molecule has 0 radical (unpaired) electrons. The summed E-state index contributed by atoms with van der Waals surface area (Å²) in [6.07, 6.45) is 0. The van der Waals surface area contributed by atoms with Gasteiger partial charge >= 0.3 is 0 Å². The number of benzene rings is 10. The van der Waals surface area contributed by atoms with Gasteiger partial charge in [0.2, 0.25) is 0 Å². The zero-order chi connectivity index (χ0) is 37.4. The first kappa shape index (κ1) is 33.3. The lowest BCUT2D eigenvalue weighted by Crippen LogP contribution is -2.12. The van der Waals surface area contributed by atoms with Crippen molar-refractivity contribution in [3.63, 3.8) is 0 Å². The fourth-order valence-electron chi connectivity index (χ4n) is 8.28. The van der Waals surface area contributed by atoms with Gasteiger partial charge in [-0.05, 0) is 102 Å². The summed E-state index contributed by atoms with van der Waals surface area (Å²) in [7, 11) is 0. The van der Waals surface area contributed by atoms with Gasteiger partial charge in [0, 0.05) is 16.6 Å². The van der Waals surface area contributed by atoms with Crippen LogP contribution in [0.1, 0.15) is 0 Å². The Labute approximate surface area is 326 Å². The number of nitrogens with zero attached hydrogens (tertiary/aromatic N) is 1. The lowest BCUT2D eigenvalue weighted by molar-refractivity contribution is 0.628. The van der Waals surface area contributed by atoms with Crippen molar-refractivity contribution in [3.8, 4) is 44.5 Å². The second kappa shape index (κ2) is 14.2. The van der Waals surface area contributed by atoms with E-state index in [-0.39, 0.29) is 5.82 Å². The van der Waals surface area contributed by atoms with Gasteiger partial charge in [-0.2, -0.15) is 0 Å². The highest BCUT2D eigenvalue weighted by molar-refractivity contribution is 6.15. The Kier molecular flexibility index (Phi) is 8.42. The van der Waals surface area contributed by atoms with Crippen LogP contribution in [0, 0.1) is 5.82 Å². The van der Waals surface area contributed by atoms with Gasteiger partial charge in [-0.15, -0.1) is 0 Å². The lowest BCUT2D eigenvalue weighted by Gasteiger charge is -2.30. The summed E-state index contributed by atoms with van der Waals surface area (Å²) >= 11 is 0. The number of fused-ring (bicyclic) bond motifs is 4. The summed E-state index contributed by atoms with van der Waals surface area (Å²) in [4.78, 5) is 2.42. The third-order valence-corrected chi connectivity index (χ3v) is 10.9. The van der Waals surface area contributed by atoms with Gasteiger partial charge in [0.25, 0.3) is 0 Å². The molecular formula is C54H36FN. The highest BCUT2D eigenvalue weighted by Gasteiger charge is 2.21. The van der Waals surface area contributed by atoms with Crippen molar-refractivity contribution in [1.82, 2.24) is 0 Å². The zero-order valence-electron chi connectivity index (χ0n) is 30.6. The molecule has 2 heteroatoms. The molecule has 0 aliphatic heterocycles. The standard InChI is InChI=1S/C54H36FN/c55-44-19-10-18-42(35-44)49-25-12-17-41-16-11-24-48(54(41)49)40-31-33-45(34-32-40)56(53-36-43-15-4-5-20-46(43)50-22-6-7-23-51(50)53)52-26-9-8-21-47(52)39-29-27-38(28-30-39)37-13-2-1-3-14-37/h1-36H. The minimum absolute atomic E-state index is 0.241. The Morgan fingerprint density at radius 3 is 1.59 bits per heavy atom. The van der Waals surface area contributed by atoms with Crippen LogP contribution in [0.5, 0.6) is 0 Å². The van der Waals surface area contributed by atoms with E-state index in [2.05, 4.69) is 193 Å². The molecule has 10 rings (SSSR count). The minimum Gasteiger partial charge on any atom is -0.309 e. The summed E-state index contributed by atoms with van der Waals surface area (Å²) in [5.41, 5.74) is 12.0. The van der Waals surface area contributed by atoms with E-state index < -0.39 is 0 Å². The largest absolute Gasteiger partial charge is 0.309 e. The van der Waals surface area contributed by atoms with Crippen LogP contribution in [0.25, 0.3) is 76.8 Å². The third kappa shape index (κ3) is 5.98. The highest BCUT2D eigenvalue weighted by Crippen LogP contribution is 2.46. The van der Waals surface area contributed by atoms with Crippen molar-refractivity contribution < 1.29 is 4.39 Å². The molecule has 0 aromatic heterocycles. The van der Waals surface area contributed by atoms with Gasteiger partial charge in [-0.3, -0.25) is 0 Å². The van der Waals surface area contributed by atoms with E-state index in [4.69, 9.17) is 0 Å². The SMILES string of the molecule is Fc1cccc(-c2cccc3cccc(-c4ccc(N(c5ccccc5-c5ccc(-c6ccccc6)cc5)c5cc6ccccc6c6ccccc56)cc4)c23)c1. The van der Waals surface area contributed by atoms with E-state index >= 15 is 0 Å². The van der Waals surface area contributed by atoms with Crippen LogP contribution >= 0.6 is 0 Å². The molecule has 1 nitrogen and oxygen atoms in total. The summed E-state index contributed by atoms with van der Waals surface area (Å²) in [6, 6.07) is 76.3. The Balaban J connectivity index is 1.16. The van der Waals surface area contributed by atoms with Gasteiger partial charge in [-0.25, -0.2) is 4.39 Å². The van der Waals surface area contributed by atoms with Gasteiger partial charge in [0.15, 0.2) is 0 Å². The van der Waals surface area contributed by atoms with Crippen molar-refractivity contribution in [3.05, 3.63) is 224 Å². The predicted molar refractivity (Wildman–Crippen MR) is 235 cm³/mol. The minimum atomic E-state index is -0.241. The molecule has 0 spiro atoms. The van der Waals surface area contributed by atoms with E-state index in [0.717, 1.165) is 61.2 Å². The molecule has 0 saturated heterocycles. The molecule has 10 aromatic carbocycles. The normalized spacial score (nSPS) is 11.3. The molecule has 10 aromatic rings. The smallest absolute Gasteiger partial charge is 0.123 e. The van der Waals surface area contributed by atoms with Crippen LogP contribution in [0.15, 0.2) is 218 Å². The first-order valence-corrected chi connectivity index (χ1v) is 19.0. The quantitative estimate of drug-likeness (QED) is 0.148. The molecule has 264 valence electrons. The van der Waals surface area contributed by atoms with Gasteiger partial charge in [-0.1, -0.05) is 182 Å². The number of hydrogen-bond acceptors (Lipinski definition) is 1. The maximum Gasteiger partial charge on any atom is 0.123 e. The molecule has 0 bridgehead atoms. The zero-order valence-corrected chi connectivity index (χ0v) is 30.6. The number of anilines is 3. The second-order valence-corrected chi connectivity index (χ2v) is 14.2. The molecule has 0 aliphatic carbocycles. The summed E-state index contributed by atoms with van der Waals surface area (Å²) < 4.78 is 14.5. The predicted octanol–water partition coefficient (Wildman–Crippen LogP) is 15.4. The molecule has 0 saturated carbocycles. The van der Waals surface area contributed by atoms with Gasteiger partial charge < -0.3 is 4.90 Å². The van der Waals surface area contributed by atoms with Crippen LogP contribution in [-0.4, -0.2) is 0 Å². The van der Waals surface area contributed by atoms with Crippen molar-refractivity contribution in [2.75, 3.05) is 4.90 Å². The van der Waals surface area contributed by atoms with Gasteiger partial charge in [0.05, 0.1) is 11.4 Å². The summed E-state index contributed by atoms with van der Waals surface area (Å²) in [5.74, 6) is -0.241. The molecule has 56 heavy (non-hydrogen) atoms. The maximum atomic E-state index is 14.5. The average Bonchev–Trinajstić information content (AvgIpc) is 3.27. The fraction of sp³-hybridized carbons (Fsp3) is 0. The van der Waals surface area contributed by atoms with E-state index in [1.54, 1.807) is 12.1 Å². The van der Waals surface area contributed by atoms with E-state index in [1.165, 1.54) is 38.7 Å².